The number of alkyl carbamates (subject to hydrolysis) is 1. The van der Waals surface area contributed by atoms with Crippen molar-refractivity contribution in [3.63, 3.8) is 0 Å². The Morgan fingerprint density at radius 3 is 2.20 bits per heavy atom. The van der Waals surface area contributed by atoms with Crippen LogP contribution in [0, 0.1) is 17.3 Å². The van der Waals surface area contributed by atoms with Gasteiger partial charge in [-0.15, -0.1) is 0 Å². The number of carbonyl (C=O) groups excluding carboxylic acids is 5. The quantitative estimate of drug-likeness (QED) is 0.237. The van der Waals surface area contributed by atoms with E-state index in [0.29, 0.717) is 18.4 Å². The van der Waals surface area contributed by atoms with Gasteiger partial charge in [0, 0.05) is 18.9 Å². The summed E-state index contributed by atoms with van der Waals surface area (Å²) in [4.78, 5) is 79.9. The van der Waals surface area contributed by atoms with E-state index in [1.807, 2.05) is 0 Å². The standard InChI is InChI=1S/C33H47FN4O8/c1-7-11-23(26(39)29(41)36-24(31(43)44)16-19-12-9-8-10-13-19)35-28(40)25-20-14-15-22(34)21(20)17-38(25)30(42)27(33(4,5)6)37-32(45)46-18(2)3/h8-10,12-13,18,20-25,27H,7,11,14-17H2,1-6H3,(H,35,40)(H,36,41)(H,37,45)(H,43,44)/t20-,21-,22-,23?,24-,25-,27+/m0/s1. The van der Waals surface area contributed by atoms with E-state index in [0.717, 1.165) is 0 Å². The lowest BCUT2D eigenvalue weighted by Crippen LogP contribution is -2.60. The number of carbonyl (C=O) groups is 6. The Morgan fingerprint density at radius 2 is 1.63 bits per heavy atom. The monoisotopic (exact) mass is 646 g/mol. The second kappa shape index (κ2) is 15.5. The number of amides is 4. The van der Waals surface area contributed by atoms with Gasteiger partial charge in [0.15, 0.2) is 0 Å². The number of Topliss-reactive ketones (excluding diaryl/α,β-unsaturated/α-hetero) is 1. The van der Waals surface area contributed by atoms with Crippen molar-refractivity contribution in [2.24, 2.45) is 17.3 Å². The van der Waals surface area contributed by atoms with Crippen LogP contribution in [0.25, 0.3) is 0 Å². The molecule has 4 amide bonds. The van der Waals surface area contributed by atoms with E-state index in [9.17, 15) is 38.3 Å². The highest BCUT2D eigenvalue weighted by Crippen LogP contribution is 2.44. The van der Waals surface area contributed by atoms with Gasteiger partial charge < -0.3 is 30.7 Å². The molecule has 1 aromatic rings. The molecule has 1 aliphatic carbocycles. The van der Waals surface area contributed by atoms with Gasteiger partial charge in [0.1, 0.15) is 24.3 Å². The number of halogens is 1. The minimum absolute atomic E-state index is 0.0527. The maximum absolute atomic E-state index is 15.0. The van der Waals surface area contributed by atoms with E-state index >= 15 is 0 Å². The van der Waals surface area contributed by atoms with Crippen LogP contribution in [0.3, 0.4) is 0 Å². The molecule has 1 saturated carbocycles. The van der Waals surface area contributed by atoms with Crippen molar-refractivity contribution in [1.29, 1.82) is 0 Å². The van der Waals surface area contributed by atoms with Crippen molar-refractivity contribution in [2.45, 2.75) is 110 Å². The van der Waals surface area contributed by atoms with E-state index in [1.54, 1.807) is 71.9 Å². The molecule has 0 spiro atoms. The normalized spacial score (nSPS) is 22.7. The van der Waals surface area contributed by atoms with Crippen LogP contribution in [0.2, 0.25) is 0 Å². The number of nitrogens with zero attached hydrogens (tertiary/aromatic N) is 1. The minimum Gasteiger partial charge on any atom is -0.480 e. The number of alkyl halides is 1. The molecular weight excluding hydrogens is 599 g/mol. The van der Waals surface area contributed by atoms with Gasteiger partial charge in [0.2, 0.25) is 17.6 Å². The number of benzene rings is 1. The molecule has 4 N–H and O–H groups in total. The second-order valence-corrected chi connectivity index (χ2v) is 13.5. The summed E-state index contributed by atoms with van der Waals surface area (Å²) >= 11 is 0. The van der Waals surface area contributed by atoms with Crippen molar-refractivity contribution in [1.82, 2.24) is 20.9 Å². The Labute approximate surface area is 269 Å². The lowest BCUT2D eigenvalue weighted by atomic mass is 9.85. The Morgan fingerprint density at radius 1 is 0.978 bits per heavy atom. The molecule has 2 fully saturated rings. The summed E-state index contributed by atoms with van der Waals surface area (Å²) in [6.45, 7) is 10.3. The SMILES string of the molecule is CCCC(NC(=O)[C@@H]1[C@H]2CC[C@H](F)[C@H]2CN1C(=O)[C@@H](NC(=O)OC(C)C)C(C)(C)C)C(=O)C(=O)N[C@@H](Cc1ccccc1)C(=O)O. The van der Waals surface area contributed by atoms with Gasteiger partial charge in [-0.3, -0.25) is 19.2 Å². The van der Waals surface area contributed by atoms with Crippen LogP contribution in [-0.2, 0) is 35.1 Å². The van der Waals surface area contributed by atoms with E-state index in [4.69, 9.17) is 4.74 Å². The zero-order chi connectivity index (χ0) is 34.3. The van der Waals surface area contributed by atoms with Gasteiger partial charge in [-0.1, -0.05) is 64.4 Å². The number of ether oxygens (including phenoxy) is 1. The highest BCUT2D eigenvalue weighted by molar-refractivity contribution is 6.38. The average molecular weight is 647 g/mol. The van der Waals surface area contributed by atoms with E-state index < -0.39 is 89.3 Å². The largest absolute Gasteiger partial charge is 0.480 e. The number of fused-ring (bicyclic) bond motifs is 1. The summed E-state index contributed by atoms with van der Waals surface area (Å²) in [5.74, 6) is -5.96. The molecule has 7 atom stereocenters. The number of hydrogen-bond donors (Lipinski definition) is 4. The van der Waals surface area contributed by atoms with Crippen LogP contribution >= 0.6 is 0 Å². The lowest BCUT2D eigenvalue weighted by Gasteiger charge is -2.36. The summed E-state index contributed by atoms with van der Waals surface area (Å²) in [6, 6.07) is 3.66. The molecule has 0 radical (unpaired) electrons. The van der Waals surface area contributed by atoms with Gasteiger partial charge in [-0.05, 0) is 50.0 Å². The minimum atomic E-state index is -1.38. The molecule has 0 bridgehead atoms. The van der Waals surface area contributed by atoms with Crippen LogP contribution < -0.4 is 16.0 Å². The molecule has 0 aromatic heterocycles. The summed E-state index contributed by atoms with van der Waals surface area (Å²) in [6.07, 6.45) is -1.51. The van der Waals surface area contributed by atoms with Crippen molar-refractivity contribution < 1.29 is 43.0 Å². The topological polar surface area (TPSA) is 171 Å². The predicted octanol–water partition coefficient (Wildman–Crippen LogP) is 2.78. The smallest absolute Gasteiger partial charge is 0.408 e. The Bertz CT molecular complexity index is 1280. The molecule has 254 valence electrons. The third-order valence-electron chi connectivity index (χ3n) is 8.53. The van der Waals surface area contributed by atoms with Crippen LogP contribution in [0.5, 0.6) is 0 Å². The number of carboxylic acids is 1. The maximum atomic E-state index is 15.0. The number of rotatable bonds is 13. The fourth-order valence-electron chi connectivity index (χ4n) is 6.26. The summed E-state index contributed by atoms with van der Waals surface area (Å²) in [5.41, 5.74) is -0.162. The van der Waals surface area contributed by atoms with E-state index in [1.165, 1.54) is 4.90 Å². The lowest BCUT2D eigenvalue weighted by molar-refractivity contribution is -0.146. The van der Waals surface area contributed by atoms with E-state index in [-0.39, 0.29) is 25.8 Å². The highest BCUT2D eigenvalue weighted by Gasteiger charge is 2.55. The number of nitrogens with one attached hydrogen (secondary N) is 3. The Kier molecular flexibility index (Phi) is 12.3. The molecule has 1 aromatic carbocycles. The number of aliphatic carboxylic acids is 1. The molecule has 1 aliphatic heterocycles. The first-order chi connectivity index (χ1) is 21.5. The molecule has 12 nitrogen and oxygen atoms in total. The first-order valence-corrected chi connectivity index (χ1v) is 15.9. The third kappa shape index (κ3) is 9.03. The molecular formula is C33H47FN4O8. The molecule has 1 heterocycles. The van der Waals surface area contributed by atoms with Gasteiger partial charge in [0.25, 0.3) is 5.91 Å². The van der Waals surface area contributed by atoms with Crippen LogP contribution in [-0.4, -0.2) is 88.6 Å². The highest BCUT2D eigenvalue weighted by atomic mass is 19.1. The number of ketones is 1. The number of hydrogen-bond acceptors (Lipinski definition) is 7. The van der Waals surface area contributed by atoms with E-state index in [2.05, 4.69) is 16.0 Å². The fourth-order valence-corrected chi connectivity index (χ4v) is 6.26. The van der Waals surface area contributed by atoms with Crippen molar-refractivity contribution in [3.05, 3.63) is 35.9 Å². The van der Waals surface area contributed by atoms with Gasteiger partial charge in [-0.2, -0.15) is 0 Å². The average Bonchev–Trinajstić information content (AvgIpc) is 3.53. The third-order valence-corrected chi connectivity index (χ3v) is 8.53. The second-order valence-electron chi connectivity index (χ2n) is 13.5. The maximum Gasteiger partial charge on any atom is 0.408 e. The Hall–Kier alpha value is -4.03. The number of likely N-dealkylation sites (tertiary alicyclic amines) is 1. The molecule has 3 rings (SSSR count). The number of carboxylic acid groups (broad SMARTS) is 1. The van der Waals surface area contributed by atoms with Gasteiger partial charge in [0.05, 0.1) is 12.1 Å². The first kappa shape index (κ1) is 36.4. The van der Waals surface area contributed by atoms with Crippen molar-refractivity contribution in [3.8, 4) is 0 Å². The molecule has 1 saturated heterocycles. The Balaban J connectivity index is 1.82. The zero-order valence-corrected chi connectivity index (χ0v) is 27.4. The molecule has 13 heteroatoms. The van der Waals surface area contributed by atoms with Crippen LogP contribution in [0.15, 0.2) is 30.3 Å². The first-order valence-electron chi connectivity index (χ1n) is 15.9. The molecule has 46 heavy (non-hydrogen) atoms. The molecule has 1 unspecified atom stereocenters. The van der Waals surface area contributed by atoms with Crippen molar-refractivity contribution in [2.75, 3.05) is 6.54 Å². The van der Waals surface area contributed by atoms with Gasteiger partial charge in [-0.25, -0.2) is 14.0 Å². The summed E-state index contributed by atoms with van der Waals surface area (Å²) < 4.78 is 20.2. The van der Waals surface area contributed by atoms with Crippen LogP contribution in [0.1, 0.15) is 72.8 Å². The molecule has 2 aliphatic rings. The van der Waals surface area contributed by atoms with Gasteiger partial charge >= 0.3 is 12.1 Å². The predicted molar refractivity (Wildman–Crippen MR) is 166 cm³/mol. The van der Waals surface area contributed by atoms with Crippen LogP contribution in [0.4, 0.5) is 9.18 Å². The summed E-state index contributed by atoms with van der Waals surface area (Å²) in [7, 11) is 0. The fraction of sp³-hybridized carbons (Fsp3) is 0.636. The zero-order valence-electron chi connectivity index (χ0n) is 27.4. The summed E-state index contributed by atoms with van der Waals surface area (Å²) in [5, 5.41) is 17.2. The van der Waals surface area contributed by atoms with Crippen molar-refractivity contribution >= 4 is 35.6 Å².